The first-order valence-corrected chi connectivity index (χ1v) is 8.31. The predicted molar refractivity (Wildman–Crippen MR) is 87.2 cm³/mol. The second-order valence-corrected chi connectivity index (χ2v) is 6.09. The van der Waals surface area contributed by atoms with E-state index < -0.39 is 6.03 Å². The molecule has 1 aromatic rings. The Bertz CT molecular complexity index is 584. The van der Waals surface area contributed by atoms with Crippen LogP contribution >= 0.6 is 0 Å². The summed E-state index contributed by atoms with van der Waals surface area (Å²) >= 11 is 0. The first-order chi connectivity index (χ1) is 11.6. The number of carbonyl (C=O) groups excluding carboxylic acids is 2. The van der Waals surface area contributed by atoms with Gasteiger partial charge in [0.1, 0.15) is 0 Å². The highest BCUT2D eigenvalue weighted by atomic mass is 16.7. The zero-order valence-corrected chi connectivity index (χ0v) is 13.6. The summed E-state index contributed by atoms with van der Waals surface area (Å²) in [7, 11) is 0. The summed E-state index contributed by atoms with van der Waals surface area (Å²) in [6, 6.07) is 6.62. The lowest BCUT2D eigenvalue weighted by molar-refractivity contribution is -0.100. The summed E-state index contributed by atoms with van der Waals surface area (Å²) in [5, 5.41) is 2.53. The van der Waals surface area contributed by atoms with E-state index in [9.17, 15) is 9.59 Å². The predicted octanol–water partition coefficient (Wildman–Crippen LogP) is 1.22. The van der Waals surface area contributed by atoms with Gasteiger partial charge in [0.15, 0.2) is 6.29 Å². The number of hydrogen-bond donors (Lipinski definition) is 2. The third-order valence-electron chi connectivity index (χ3n) is 4.44. The fourth-order valence-corrected chi connectivity index (χ4v) is 3.21. The molecule has 2 heterocycles. The zero-order chi connectivity index (χ0) is 16.9. The van der Waals surface area contributed by atoms with Gasteiger partial charge in [-0.2, -0.15) is 0 Å². The number of rotatable bonds is 4. The van der Waals surface area contributed by atoms with Crippen molar-refractivity contribution in [3.8, 4) is 0 Å². The van der Waals surface area contributed by atoms with Gasteiger partial charge in [0, 0.05) is 18.7 Å². The third kappa shape index (κ3) is 3.85. The highest BCUT2D eigenvalue weighted by molar-refractivity contribution is 5.94. The third-order valence-corrected chi connectivity index (χ3v) is 4.44. The number of nitrogens with two attached hydrogens (primary N) is 1. The summed E-state index contributed by atoms with van der Waals surface area (Å²) in [5.41, 5.74) is 6.58. The molecule has 1 aromatic carbocycles. The number of piperidine rings is 1. The standard InChI is InChI=1S/C17H23N3O4/c18-17(22)19-11-12-4-6-13(7-5-12)15(21)20-8-2-1-3-14(20)16-23-9-10-24-16/h4-7,14,16H,1-3,8-11H2,(H3,18,19,22)/t14-/m1/s1. The second-order valence-electron chi connectivity index (χ2n) is 6.09. The zero-order valence-electron chi connectivity index (χ0n) is 13.6. The van der Waals surface area contributed by atoms with Gasteiger partial charge in [-0.25, -0.2) is 4.79 Å². The molecule has 130 valence electrons. The van der Waals surface area contributed by atoms with Crippen molar-refractivity contribution in [3.63, 3.8) is 0 Å². The van der Waals surface area contributed by atoms with Crippen molar-refractivity contribution in [1.82, 2.24) is 10.2 Å². The molecule has 2 fully saturated rings. The van der Waals surface area contributed by atoms with Crippen LogP contribution in [0.5, 0.6) is 0 Å². The Morgan fingerprint density at radius 1 is 1.17 bits per heavy atom. The average molecular weight is 333 g/mol. The SMILES string of the molecule is NC(=O)NCc1ccc(C(=O)N2CCCC[C@@H]2C2OCCO2)cc1. The summed E-state index contributed by atoms with van der Waals surface area (Å²) in [5.74, 6) is -0.00629. The van der Waals surface area contributed by atoms with Gasteiger partial charge in [-0.3, -0.25) is 4.79 Å². The van der Waals surface area contributed by atoms with Gasteiger partial charge in [-0.05, 0) is 37.0 Å². The van der Waals surface area contributed by atoms with Crippen LogP contribution in [0.25, 0.3) is 0 Å². The van der Waals surface area contributed by atoms with Gasteiger partial charge in [0.05, 0.1) is 19.3 Å². The molecule has 0 radical (unpaired) electrons. The van der Waals surface area contributed by atoms with Gasteiger partial charge in [0.25, 0.3) is 5.91 Å². The number of amides is 3. The summed E-state index contributed by atoms with van der Waals surface area (Å²) in [4.78, 5) is 25.5. The number of benzene rings is 1. The molecule has 0 bridgehead atoms. The number of nitrogens with zero attached hydrogens (tertiary/aromatic N) is 1. The Morgan fingerprint density at radius 3 is 2.54 bits per heavy atom. The number of hydrogen-bond acceptors (Lipinski definition) is 4. The van der Waals surface area contributed by atoms with Crippen molar-refractivity contribution in [2.45, 2.75) is 38.1 Å². The van der Waals surface area contributed by atoms with Crippen molar-refractivity contribution in [2.75, 3.05) is 19.8 Å². The van der Waals surface area contributed by atoms with E-state index in [0.717, 1.165) is 31.4 Å². The van der Waals surface area contributed by atoms with Crippen LogP contribution in [-0.2, 0) is 16.0 Å². The van der Waals surface area contributed by atoms with E-state index in [4.69, 9.17) is 15.2 Å². The number of likely N-dealkylation sites (tertiary alicyclic amines) is 1. The van der Waals surface area contributed by atoms with Crippen molar-refractivity contribution >= 4 is 11.9 Å². The van der Waals surface area contributed by atoms with Crippen LogP contribution in [0.15, 0.2) is 24.3 Å². The molecule has 2 saturated heterocycles. The van der Waals surface area contributed by atoms with Gasteiger partial charge < -0.3 is 25.4 Å². The second kappa shape index (κ2) is 7.63. The highest BCUT2D eigenvalue weighted by Crippen LogP contribution is 2.26. The lowest BCUT2D eigenvalue weighted by Crippen LogP contribution is -2.50. The van der Waals surface area contributed by atoms with E-state index in [-0.39, 0.29) is 18.2 Å². The van der Waals surface area contributed by atoms with Crippen LogP contribution in [0.1, 0.15) is 35.2 Å². The molecule has 0 aliphatic carbocycles. The van der Waals surface area contributed by atoms with Gasteiger partial charge >= 0.3 is 6.03 Å². The number of ether oxygens (including phenoxy) is 2. The van der Waals surface area contributed by atoms with E-state index in [1.165, 1.54) is 0 Å². The number of carbonyl (C=O) groups is 2. The fraction of sp³-hybridized carbons (Fsp3) is 0.529. The molecule has 2 aliphatic rings. The van der Waals surface area contributed by atoms with Crippen LogP contribution in [0.2, 0.25) is 0 Å². The molecule has 0 saturated carbocycles. The van der Waals surface area contributed by atoms with E-state index in [1.807, 2.05) is 17.0 Å². The molecule has 0 unspecified atom stereocenters. The average Bonchev–Trinajstić information content (AvgIpc) is 3.14. The van der Waals surface area contributed by atoms with Crippen molar-refractivity contribution in [3.05, 3.63) is 35.4 Å². The Morgan fingerprint density at radius 2 is 1.88 bits per heavy atom. The molecule has 24 heavy (non-hydrogen) atoms. The molecular formula is C17H23N3O4. The summed E-state index contributed by atoms with van der Waals surface area (Å²) < 4.78 is 11.2. The van der Waals surface area contributed by atoms with Gasteiger partial charge in [-0.15, -0.1) is 0 Å². The summed E-state index contributed by atoms with van der Waals surface area (Å²) in [6.45, 7) is 2.24. The van der Waals surface area contributed by atoms with E-state index in [2.05, 4.69) is 5.32 Å². The van der Waals surface area contributed by atoms with Crippen LogP contribution in [0.4, 0.5) is 4.79 Å². The Balaban J connectivity index is 1.68. The van der Waals surface area contributed by atoms with Gasteiger partial charge in [0.2, 0.25) is 0 Å². The van der Waals surface area contributed by atoms with Crippen molar-refractivity contribution < 1.29 is 19.1 Å². The molecule has 3 rings (SSSR count). The Hall–Kier alpha value is -2.12. The molecular weight excluding hydrogens is 310 g/mol. The molecule has 7 heteroatoms. The number of primary amides is 1. The number of nitrogens with one attached hydrogen (secondary N) is 1. The molecule has 2 aliphatic heterocycles. The Labute approximate surface area is 141 Å². The first kappa shape index (κ1) is 16.7. The van der Waals surface area contributed by atoms with E-state index >= 15 is 0 Å². The topological polar surface area (TPSA) is 93.9 Å². The summed E-state index contributed by atoms with van der Waals surface area (Å²) in [6.07, 6.45) is 2.66. The first-order valence-electron chi connectivity index (χ1n) is 8.31. The molecule has 3 amide bonds. The van der Waals surface area contributed by atoms with E-state index in [1.54, 1.807) is 12.1 Å². The molecule has 3 N–H and O–H groups in total. The maximum absolute atomic E-state index is 12.9. The maximum atomic E-state index is 12.9. The quantitative estimate of drug-likeness (QED) is 0.866. The largest absolute Gasteiger partial charge is 0.352 e. The monoisotopic (exact) mass is 333 g/mol. The molecule has 0 spiro atoms. The molecule has 0 aromatic heterocycles. The lowest BCUT2D eigenvalue weighted by atomic mass is 10.00. The van der Waals surface area contributed by atoms with E-state index in [0.29, 0.717) is 25.3 Å². The van der Waals surface area contributed by atoms with Crippen LogP contribution < -0.4 is 11.1 Å². The van der Waals surface area contributed by atoms with Crippen LogP contribution in [0.3, 0.4) is 0 Å². The highest BCUT2D eigenvalue weighted by Gasteiger charge is 2.36. The van der Waals surface area contributed by atoms with Crippen molar-refractivity contribution in [2.24, 2.45) is 5.73 Å². The maximum Gasteiger partial charge on any atom is 0.312 e. The Kier molecular flexibility index (Phi) is 5.32. The van der Waals surface area contributed by atoms with Crippen LogP contribution in [0, 0.1) is 0 Å². The van der Waals surface area contributed by atoms with Crippen molar-refractivity contribution in [1.29, 1.82) is 0 Å². The minimum absolute atomic E-state index is 0.00629. The smallest absolute Gasteiger partial charge is 0.312 e. The normalized spacial score (nSPS) is 21.7. The number of urea groups is 1. The minimum atomic E-state index is -0.567. The molecule has 7 nitrogen and oxygen atoms in total. The minimum Gasteiger partial charge on any atom is -0.352 e. The lowest BCUT2D eigenvalue weighted by Gasteiger charge is -2.38. The van der Waals surface area contributed by atoms with Crippen LogP contribution in [-0.4, -0.2) is 48.9 Å². The van der Waals surface area contributed by atoms with Gasteiger partial charge in [-0.1, -0.05) is 12.1 Å². The molecule has 1 atom stereocenters. The fourth-order valence-electron chi connectivity index (χ4n) is 3.21.